The molecular formula is C9H12NNaO5. The first-order valence-electron chi connectivity index (χ1n) is 4.08. The zero-order chi connectivity index (χ0) is 11.8. The van der Waals surface area contributed by atoms with Crippen LogP contribution in [0, 0.1) is 0 Å². The summed E-state index contributed by atoms with van der Waals surface area (Å²) in [5.74, 6) is -0.179. The molecule has 1 aromatic rings. The summed E-state index contributed by atoms with van der Waals surface area (Å²) < 4.78 is 0. The van der Waals surface area contributed by atoms with Crippen molar-refractivity contribution in [3.05, 3.63) is 23.8 Å². The van der Waals surface area contributed by atoms with E-state index in [1.807, 2.05) is 0 Å². The second-order valence-electron chi connectivity index (χ2n) is 2.63. The van der Waals surface area contributed by atoms with Crippen molar-refractivity contribution in [1.82, 2.24) is 0 Å². The summed E-state index contributed by atoms with van der Waals surface area (Å²) >= 11 is 0. The zero-order valence-corrected chi connectivity index (χ0v) is 10.9. The maximum Gasteiger partial charge on any atom is 1.00 e. The van der Waals surface area contributed by atoms with Crippen molar-refractivity contribution in [2.75, 3.05) is 6.54 Å². The van der Waals surface area contributed by atoms with Crippen LogP contribution in [0.2, 0.25) is 0 Å². The van der Waals surface area contributed by atoms with E-state index in [9.17, 15) is 0 Å². The van der Waals surface area contributed by atoms with Crippen LogP contribution in [0.5, 0.6) is 11.5 Å². The second-order valence-corrected chi connectivity index (χ2v) is 2.63. The Balaban J connectivity index is 0. The fourth-order valence-corrected chi connectivity index (χ4v) is 0.891. The molecule has 0 bridgehead atoms. The van der Waals surface area contributed by atoms with Crippen LogP contribution >= 0.6 is 0 Å². The summed E-state index contributed by atoms with van der Waals surface area (Å²) in [4.78, 5) is 8.44. The van der Waals surface area contributed by atoms with E-state index in [0.717, 1.165) is 5.56 Å². The normalized spacial score (nSPS) is 8.31. The van der Waals surface area contributed by atoms with Crippen molar-refractivity contribution in [3.8, 4) is 11.5 Å². The van der Waals surface area contributed by atoms with E-state index in [1.54, 1.807) is 6.07 Å². The van der Waals surface area contributed by atoms with Crippen molar-refractivity contribution >= 4 is 6.16 Å². The molecule has 0 saturated carbocycles. The predicted molar refractivity (Wildman–Crippen MR) is 50.6 cm³/mol. The van der Waals surface area contributed by atoms with Crippen LogP contribution in [0.1, 0.15) is 5.56 Å². The summed E-state index contributed by atoms with van der Waals surface area (Å²) in [7, 11) is 0. The minimum atomic E-state index is -2.08. The molecule has 0 radical (unpaired) electrons. The van der Waals surface area contributed by atoms with Crippen molar-refractivity contribution in [2.45, 2.75) is 6.42 Å². The molecule has 0 aliphatic rings. The van der Waals surface area contributed by atoms with Gasteiger partial charge < -0.3 is 31.0 Å². The molecule has 16 heavy (non-hydrogen) atoms. The van der Waals surface area contributed by atoms with E-state index in [2.05, 4.69) is 0 Å². The first kappa shape index (κ1) is 17.4. The SMILES string of the molecule is NCCc1ccc(O)c(O)c1.O=C([O-])O.[Na+]. The van der Waals surface area contributed by atoms with Crippen LogP contribution in [0.3, 0.4) is 0 Å². The Kier molecular flexibility index (Phi) is 10.1. The first-order chi connectivity index (χ1) is 6.97. The summed E-state index contributed by atoms with van der Waals surface area (Å²) in [6.45, 7) is 0.546. The van der Waals surface area contributed by atoms with Gasteiger partial charge in [-0.3, -0.25) is 0 Å². The smallest absolute Gasteiger partial charge is 0.565 e. The monoisotopic (exact) mass is 237 g/mol. The van der Waals surface area contributed by atoms with Crippen molar-refractivity contribution < 1.29 is 54.8 Å². The number of phenolic OH excluding ortho intramolecular Hbond substituents is 2. The van der Waals surface area contributed by atoms with Gasteiger partial charge in [-0.1, -0.05) is 6.07 Å². The largest absolute Gasteiger partial charge is 1.00 e. The van der Waals surface area contributed by atoms with E-state index >= 15 is 0 Å². The fourth-order valence-electron chi connectivity index (χ4n) is 0.891. The summed E-state index contributed by atoms with van der Waals surface area (Å²) in [5, 5.41) is 33.3. The number of rotatable bonds is 2. The van der Waals surface area contributed by atoms with Gasteiger partial charge in [0.05, 0.1) is 0 Å². The number of phenols is 2. The molecule has 0 atom stereocenters. The van der Waals surface area contributed by atoms with Gasteiger partial charge in [-0.05, 0) is 30.7 Å². The molecule has 0 aliphatic carbocycles. The van der Waals surface area contributed by atoms with Crippen LogP contribution in [-0.4, -0.2) is 28.0 Å². The number of hydrogen-bond acceptors (Lipinski definition) is 5. The Labute approximate surface area is 115 Å². The molecule has 7 heteroatoms. The number of carboxylic acid groups (broad SMARTS) is 2. The first-order valence-corrected chi connectivity index (χ1v) is 4.08. The summed E-state index contributed by atoms with van der Waals surface area (Å²) in [6, 6.07) is 4.71. The minimum absolute atomic E-state index is 0. The van der Waals surface area contributed by atoms with Crippen LogP contribution < -0.4 is 40.4 Å². The molecule has 0 spiro atoms. The van der Waals surface area contributed by atoms with Crippen LogP contribution in [0.4, 0.5) is 4.79 Å². The number of aromatic hydroxyl groups is 2. The van der Waals surface area contributed by atoms with E-state index in [1.165, 1.54) is 12.1 Å². The Bertz CT molecular complexity index is 328. The van der Waals surface area contributed by atoms with Crippen molar-refractivity contribution in [3.63, 3.8) is 0 Å². The molecule has 0 aromatic heterocycles. The summed E-state index contributed by atoms with van der Waals surface area (Å²) in [5.41, 5.74) is 6.24. The van der Waals surface area contributed by atoms with E-state index in [0.29, 0.717) is 13.0 Å². The van der Waals surface area contributed by atoms with Gasteiger partial charge in [-0.25, -0.2) is 0 Å². The molecule has 1 aromatic carbocycles. The average molecular weight is 237 g/mol. The number of benzene rings is 1. The Morgan fingerprint density at radius 3 is 2.19 bits per heavy atom. The molecule has 6 nitrogen and oxygen atoms in total. The number of hydrogen-bond donors (Lipinski definition) is 4. The van der Waals surface area contributed by atoms with E-state index in [4.69, 9.17) is 31.0 Å². The Hall–Kier alpha value is -0.950. The predicted octanol–water partition coefficient (Wildman–Crippen LogP) is -3.51. The topological polar surface area (TPSA) is 127 Å². The van der Waals surface area contributed by atoms with Gasteiger partial charge in [-0.2, -0.15) is 0 Å². The maximum absolute atomic E-state index is 9.04. The molecule has 5 N–H and O–H groups in total. The third-order valence-electron chi connectivity index (χ3n) is 1.47. The molecular weight excluding hydrogens is 225 g/mol. The second kappa shape index (κ2) is 9.29. The number of carbonyl (C=O) groups is 1. The molecule has 0 unspecified atom stereocenters. The van der Waals surface area contributed by atoms with Gasteiger partial charge in [0.25, 0.3) is 0 Å². The van der Waals surface area contributed by atoms with Gasteiger partial charge in [0, 0.05) is 0 Å². The van der Waals surface area contributed by atoms with E-state index < -0.39 is 6.16 Å². The third kappa shape index (κ3) is 8.37. The summed E-state index contributed by atoms with van der Waals surface area (Å²) in [6.07, 6.45) is -1.37. The molecule has 0 aliphatic heterocycles. The van der Waals surface area contributed by atoms with Gasteiger partial charge in [0.1, 0.15) is 0 Å². The van der Waals surface area contributed by atoms with Gasteiger partial charge in [0.2, 0.25) is 6.16 Å². The molecule has 0 saturated heterocycles. The number of nitrogens with two attached hydrogens (primary N) is 1. The Morgan fingerprint density at radius 1 is 1.31 bits per heavy atom. The Morgan fingerprint density at radius 2 is 1.81 bits per heavy atom. The van der Waals surface area contributed by atoms with Crippen LogP contribution in [-0.2, 0) is 6.42 Å². The standard InChI is InChI=1S/C8H11NO2.CH2O3.Na/c9-4-3-6-1-2-7(10)8(11)5-6;2-1(3)4;/h1-2,5,10-11H,3-4,9H2;(H2,2,3,4);/q;;+1/p-1. The molecule has 0 heterocycles. The molecule has 0 amide bonds. The minimum Gasteiger partial charge on any atom is -0.565 e. The van der Waals surface area contributed by atoms with Crippen molar-refractivity contribution in [1.29, 1.82) is 0 Å². The molecule has 0 fully saturated rings. The van der Waals surface area contributed by atoms with Gasteiger partial charge >= 0.3 is 29.6 Å². The molecule has 1 rings (SSSR count). The maximum atomic E-state index is 9.04. The zero-order valence-electron chi connectivity index (χ0n) is 8.88. The van der Waals surface area contributed by atoms with Gasteiger partial charge in [0.15, 0.2) is 11.5 Å². The van der Waals surface area contributed by atoms with Crippen LogP contribution in [0.25, 0.3) is 0 Å². The average Bonchev–Trinajstić information content (AvgIpc) is 2.11. The van der Waals surface area contributed by atoms with Crippen molar-refractivity contribution in [2.24, 2.45) is 5.73 Å². The van der Waals surface area contributed by atoms with Crippen LogP contribution in [0.15, 0.2) is 18.2 Å². The molecule has 84 valence electrons. The van der Waals surface area contributed by atoms with Gasteiger partial charge in [-0.15, -0.1) is 0 Å². The third-order valence-corrected chi connectivity index (χ3v) is 1.47. The fraction of sp³-hybridized carbons (Fsp3) is 0.222. The quantitative estimate of drug-likeness (QED) is 0.312. The van der Waals surface area contributed by atoms with E-state index in [-0.39, 0.29) is 41.1 Å².